The Morgan fingerprint density at radius 2 is 1.77 bits per heavy atom. The van der Waals surface area contributed by atoms with Crippen molar-refractivity contribution in [3.63, 3.8) is 0 Å². The van der Waals surface area contributed by atoms with E-state index in [9.17, 15) is 28.4 Å². The number of carbonyl (C=O) groups is 1. The van der Waals surface area contributed by atoms with E-state index in [4.69, 9.17) is 0 Å². The number of carbonyl (C=O) groups excluding carboxylic acids is 1. The number of hydrogen-bond donors (Lipinski definition) is 2. The van der Waals surface area contributed by atoms with Gasteiger partial charge in [0.15, 0.2) is 0 Å². The van der Waals surface area contributed by atoms with Crippen LogP contribution in [0, 0.1) is 10.1 Å². The first-order valence-electron chi connectivity index (χ1n) is 7.31. The summed E-state index contributed by atoms with van der Waals surface area (Å²) in [5, 5.41) is 23.4. The predicted octanol–water partition coefficient (Wildman–Crippen LogP) is 2.09. The number of aliphatic hydroxyl groups is 1. The zero-order valence-electron chi connectivity index (χ0n) is 13.4. The third-order valence-electron chi connectivity index (χ3n) is 3.88. The van der Waals surface area contributed by atoms with Crippen LogP contribution in [0.1, 0.15) is 5.56 Å². The van der Waals surface area contributed by atoms with Crippen molar-refractivity contribution in [3.05, 3.63) is 70.1 Å². The van der Waals surface area contributed by atoms with Crippen molar-refractivity contribution in [2.75, 3.05) is 12.4 Å². The highest BCUT2D eigenvalue weighted by atomic mass is 32.2. The maximum atomic E-state index is 12.6. The lowest BCUT2D eigenvalue weighted by Gasteiger charge is -2.27. The van der Waals surface area contributed by atoms with Crippen LogP contribution in [0.4, 0.5) is 11.4 Å². The minimum atomic E-state index is -3.95. The number of amides is 1. The van der Waals surface area contributed by atoms with Gasteiger partial charge in [-0.2, -0.15) is 0 Å². The van der Waals surface area contributed by atoms with E-state index >= 15 is 0 Å². The molecule has 0 radical (unpaired) electrons. The lowest BCUT2D eigenvalue weighted by atomic mass is 10.0. The number of anilines is 1. The van der Waals surface area contributed by atoms with Crippen molar-refractivity contribution < 1.29 is 23.2 Å². The van der Waals surface area contributed by atoms with Crippen LogP contribution in [-0.4, -0.2) is 35.7 Å². The van der Waals surface area contributed by atoms with Crippen LogP contribution in [0.25, 0.3) is 5.57 Å². The van der Waals surface area contributed by atoms with Crippen LogP contribution in [0.3, 0.4) is 0 Å². The van der Waals surface area contributed by atoms with Crippen molar-refractivity contribution in [3.8, 4) is 0 Å². The minimum Gasteiger partial charge on any atom is -0.493 e. The van der Waals surface area contributed by atoms with Crippen molar-refractivity contribution in [2.24, 2.45) is 0 Å². The summed E-state index contributed by atoms with van der Waals surface area (Å²) in [4.78, 5) is 22.6. The molecule has 1 heterocycles. The van der Waals surface area contributed by atoms with Gasteiger partial charge in [0.1, 0.15) is 5.57 Å². The number of benzene rings is 2. The van der Waals surface area contributed by atoms with Crippen molar-refractivity contribution >= 4 is 32.9 Å². The standard InChI is InChI=1S/C16H13N3O6S/c1-18-16(21)14(12-4-2-3-5-13(12)26(18,24)25)15(20)17-10-6-8-11(9-7-10)19(22)23/h2-9,21H,1H3,(H,17,20). The van der Waals surface area contributed by atoms with Crippen LogP contribution in [-0.2, 0) is 14.8 Å². The van der Waals surface area contributed by atoms with Gasteiger partial charge in [0.05, 0.1) is 9.82 Å². The zero-order chi connectivity index (χ0) is 19.1. The van der Waals surface area contributed by atoms with Gasteiger partial charge in [0.25, 0.3) is 21.6 Å². The SMILES string of the molecule is CN1C(O)=C(C(=O)Nc2ccc([N+](=O)[O-])cc2)c2ccccc2S1(=O)=O. The summed E-state index contributed by atoms with van der Waals surface area (Å²) in [6, 6.07) is 10.9. The molecule has 0 aliphatic carbocycles. The van der Waals surface area contributed by atoms with Gasteiger partial charge in [-0.25, -0.2) is 12.7 Å². The maximum absolute atomic E-state index is 12.6. The quantitative estimate of drug-likeness (QED) is 0.624. The fourth-order valence-electron chi connectivity index (χ4n) is 2.52. The Bertz CT molecular complexity index is 1040. The Balaban J connectivity index is 2.01. The number of hydrogen-bond acceptors (Lipinski definition) is 6. The predicted molar refractivity (Wildman–Crippen MR) is 92.7 cm³/mol. The van der Waals surface area contributed by atoms with E-state index < -0.39 is 26.7 Å². The highest BCUT2D eigenvalue weighted by Gasteiger charge is 2.37. The van der Waals surface area contributed by atoms with E-state index in [-0.39, 0.29) is 27.4 Å². The van der Waals surface area contributed by atoms with Crippen molar-refractivity contribution in [2.45, 2.75) is 4.90 Å². The van der Waals surface area contributed by atoms with Crippen LogP contribution < -0.4 is 5.32 Å². The Kier molecular flexibility index (Phi) is 4.12. The Morgan fingerprint density at radius 1 is 1.15 bits per heavy atom. The lowest BCUT2D eigenvalue weighted by Crippen LogP contribution is -2.34. The second-order valence-corrected chi connectivity index (χ2v) is 7.36. The molecule has 0 fully saturated rings. The molecule has 10 heteroatoms. The second-order valence-electron chi connectivity index (χ2n) is 5.43. The third kappa shape index (κ3) is 2.75. The average Bonchev–Trinajstić information content (AvgIpc) is 2.61. The molecule has 26 heavy (non-hydrogen) atoms. The molecule has 0 saturated heterocycles. The number of rotatable bonds is 3. The van der Waals surface area contributed by atoms with Crippen molar-refractivity contribution in [1.29, 1.82) is 0 Å². The van der Waals surface area contributed by atoms with Crippen LogP contribution >= 0.6 is 0 Å². The van der Waals surface area contributed by atoms with Gasteiger partial charge in [-0.05, 0) is 18.2 Å². The molecule has 2 aromatic rings. The van der Waals surface area contributed by atoms with E-state index in [1.54, 1.807) is 6.07 Å². The first-order chi connectivity index (χ1) is 12.2. The molecule has 0 saturated carbocycles. The molecule has 2 N–H and O–H groups in total. The first-order valence-corrected chi connectivity index (χ1v) is 8.75. The highest BCUT2D eigenvalue weighted by Crippen LogP contribution is 2.35. The third-order valence-corrected chi connectivity index (χ3v) is 5.69. The largest absolute Gasteiger partial charge is 0.493 e. The number of aliphatic hydroxyl groups excluding tert-OH is 1. The topological polar surface area (TPSA) is 130 Å². The molecule has 2 aromatic carbocycles. The Labute approximate surface area is 148 Å². The molecule has 0 unspecified atom stereocenters. The maximum Gasteiger partial charge on any atom is 0.269 e. The summed E-state index contributed by atoms with van der Waals surface area (Å²) in [6.45, 7) is 0. The lowest BCUT2D eigenvalue weighted by molar-refractivity contribution is -0.384. The first kappa shape index (κ1) is 17.4. The molecule has 0 spiro atoms. The molecule has 3 rings (SSSR count). The molecule has 1 aliphatic rings. The highest BCUT2D eigenvalue weighted by molar-refractivity contribution is 7.89. The van der Waals surface area contributed by atoms with Crippen LogP contribution in [0.15, 0.2) is 59.3 Å². The molecule has 9 nitrogen and oxygen atoms in total. The number of nitrogens with one attached hydrogen (secondary N) is 1. The number of non-ortho nitro benzene ring substituents is 1. The summed E-state index contributed by atoms with van der Waals surface area (Å²) in [6.07, 6.45) is 0. The molecule has 0 aromatic heterocycles. The van der Waals surface area contributed by atoms with E-state index in [0.717, 1.165) is 7.05 Å². The summed E-state index contributed by atoms with van der Waals surface area (Å²) < 4.78 is 25.4. The van der Waals surface area contributed by atoms with Gasteiger partial charge in [0, 0.05) is 30.4 Å². The molecular weight excluding hydrogens is 362 g/mol. The Hall–Kier alpha value is -3.40. The molecular formula is C16H13N3O6S. The van der Waals surface area contributed by atoms with E-state index in [1.807, 2.05) is 0 Å². The smallest absolute Gasteiger partial charge is 0.269 e. The van der Waals surface area contributed by atoms with E-state index in [2.05, 4.69) is 5.32 Å². The van der Waals surface area contributed by atoms with Gasteiger partial charge in [-0.1, -0.05) is 18.2 Å². The fraction of sp³-hybridized carbons (Fsp3) is 0.0625. The Morgan fingerprint density at radius 3 is 2.38 bits per heavy atom. The van der Waals surface area contributed by atoms with Crippen molar-refractivity contribution in [1.82, 2.24) is 4.31 Å². The number of fused-ring (bicyclic) bond motifs is 1. The molecule has 1 aliphatic heterocycles. The number of nitrogens with zero attached hydrogens (tertiary/aromatic N) is 2. The summed E-state index contributed by atoms with van der Waals surface area (Å²) in [5.74, 6) is -1.45. The van der Waals surface area contributed by atoms with Crippen LogP contribution in [0.2, 0.25) is 0 Å². The van der Waals surface area contributed by atoms with E-state index in [1.165, 1.54) is 42.5 Å². The average molecular weight is 375 g/mol. The number of nitro groups is 1. The second kappa shape index (κ2) is 6.15. The molecule has 134 valence electrons. The number of nitro benzene ring substituents is 1. The zero-order valence-corrected chi connectivity index (χ0v) is 14.2. The molecule has 1 amide bonds. The van der Waals surface area contributed by atoms with Gasteiger partial charge >= 0.3 is 0 Å². The monoisotopic (exact) mass is 375 g/mol. The van der Waals surface area contributed by atoms with Gasteiger partial charge in [-0.15, -0.1) is 0 Å². The number of sulfonamides is 1. The van der Waals surface area contributed by atoms with Gasteiger partial charge < -0.3 is 10.4 Å². The summed E-state index contributed by atoms with van der Waals surface area (Å²) >= 11 is 0. The fourth-order valence-corrected chi connectivity index (χ4v) is 3.83. The summed E-state index contributed by atoms with van der Waals surface area (Å²) in [7, 11) is -2.82. The molecule has 0 atom stereocenters. The van der Waals surface area contributed by atoms with Gasteiger partial charge in [0.2, 0.25) is 5.88 Å². The molecule has 0 bridgehead atoms. The van der Waals surface area contributed by atoms with Gasteiger partial charge in [-0.3, -0.25) is 14.9 Å². The van der Waals surface area contributed by atoms with E-state index in [0.29, 0.717) is 4.31 Å². The van der Waals surface area contributed by atoms with Crippen LogP contribution in [0.5, 0.6) is 0 Å². The minimum absolute atomic E-state index is 0.0718. The normalized spacial score (nSPS) is 15.3. The summed E-state index contributed by atoms with van der Waals surface area (Å²) in [5.41, 5.74) is -0.0212.